The quantitative estimate of drug-likeness (QED) is 0.687. The van der Waals surface area contributed by atoms with Crippen molar-refractivity contribution >= 4 is 11.6 Å². The second-order valence-electron chi connectivity index (χ2n) is 8.67. The molecule has 2 aromatic heterocycles. The molecule has 1 N–H and O–H groups in total. The largest absolute Gasteiger partial charge is 0.372 e. The number of anilines is 2. The number of benzene rings is 1. The lowest BCUT2D eigenvalue weighted by Crippen LogP contribution is -2.47. The van der Waals surface area contributed by atoms with Gasteiger partial charge in [0.25, 0.3) is 5.56 Å². The van der Waals surface area contributed by atoms with Crippen molar-refractivity contribution in [1.29, 1.82) is 0 Å². The van der Waals surface area contributed by atoms with E-state index in [0.29, 0.717) is 11.6 Å². The van der Waals surface area contributed by atoms with Crippen LogP contribution in [0.1, 0.15) is 30.9 Å². The van der Waals surface area contributed by atoms with Crippen molar-refractivity contribution in [2.45, 2.75) is 25.3 Å². The van der Waals surface area contributed by atoms with Gasteiger partial charge in [0, 0.05) is 75.5 Å². The molecule has 0 saturated carbocycles. The lowest BCUT2D eigenvalue weighted by Gasteiger charge is -2.35. The van der Waals surface area contributed by atoms with Gasteiger partial charge in [0.1, 0.15) is 0 Å². The van der Waals surface area contributed by atoms with Gasteiger partial charge in [0.15, 0.2) is 0 Å². The minimum absolute atomic E-state index is 0.0530. The fourth-order valence-electron chi connectivity index (χ4n) is 4.71. The molecule has 32 heavy (non-hydrogen) atoms. The van der Waals surface area contributed by atoms with E-state index >= 15 is 0 Å². The van der Waals surface area contributed by atoms with Crippen molar-refractivity contribution in [3.8, 4) is 11.3 Å². The third-order valence-corrected chi connectivity index (χ3v) is 6.56. The molecule has 0 radical (unpaired) electrons. The lowest BCUT2D eigenvalue weighted by molar-refractivity contribution is 0.462. The number of hydrogen-bond donors (Lipinski definition) is 1. The van der Waals surface area contributed by atoms with Gasteiger partial charge >= 0.3 is 0 Å². The van der Waals surface area contributed by atoms with Crippen LogP contribution in [-0.2, 0) is 7.05 Å². The van der Waals surface area contributed by atoms with Crippen LogP contribution in [-0.4, -0.2) is 47.3 Å². The fourth-order valence-corrected chi connectivity index (χ4v) is 4.71. The van der Waals surface area contributed by atoms with Gasteiger partial charge in [-0.2, -0.15) is 0 Å². The van der Waals surface area contributed by atoms with E-state index in [-0.39, 0.29) is 11.6 Å². The maximum Gasteiger partial charge on any atom is 0.255 e. The zero-order valence-corrected chi connectivity index (χ0v) is 18.6. The standard InChI is InChI=1S/C25H30N6O/c1-29-24(32)17-22(20-9-11-26-12-10-20)28-25(29)31-16-13-27-23(18-31)19-5-7-21(8-6-19)30-14-3-2-4-15-30/h5-12,17,23,27H,2-4,13-16,18H2,1H3/t23-/m1/s1. The van der Waals surface area contributed by atoms with Crippen LogP contribution in [0.5, 0.6) is 0 Å². The molecular weight excluding hydrogens is 400 g/mol. The van der Waals surface area contributed by atoms with E-state index in [1.807, 2.05) is 12.1 Å². The monoisotopic (exact) mass is 430 g/mol. The van der Waals surface area contributed by atoms with Crippen LogP contribution in [0.3, 0.4) is 0 Å². The number of piperazine rings is 1. The van der Waals surface area contributed by atoms with Gasteiger partial charge in [0.05, 0.1) is 5.69 Å². The molecule has 1 aromatic carbocycles. The Hall–Kier alpha value is -3.19. The van der Waals surface area contributed by atoms with E-state index in [1.54, 1.807) is 30.1 Å². The van der Waals surface area contributed by atoms with Crippen LogP contribution in [0, 0.1) is 0 Å². The summed E-state index contributed by atoms with van der Waals surface area (Å²) in [5.41, 5.74) is 4.12. The van der Waals surface area contributed by atoms with Crippen molar-refractivity contribution in [2.24, 2.45) is 7.05 Å². The van der Waals surface area contributed by atoms with Gasteiger partial charge in [0.2, 0.25) is 5.95 Å². The summed E-state index contributed by atoms with van der Waals surface area (Å²) in [7, 11) is 1.80. The molecule has 166 valence electrons. The van der Waals surface area contributed by atoms with Crippen LogP contribution in [0.4, 0.5) is 11.6 Å². The van der Waals surface area contributed by atoms with Gasteiger partial charge in [-0.15, -0.1) is 0 Å². The van der Waals surface area contributed by atoms with E-state index in [0.717, 1.165) is 38.3 Å². The molecule has 0 spiro atoms. The van der Waals surface area contributed by atoms with Crippen molar-refractivity contribution < 1.29 is 0 Å². The third kappa shape index (κ3) is 4.25. The van der Waals surface area contributed by atoms with E-state index < -0.39 is 0 Å². The van der Waals surface area contributed by atoms with E-state index in [2.05, 4.69) is 44.4 Å². The van der Waals surface area contributed by atoms with Gasteiger partial charge < -0.3 is 15.1 Å². The Bertz CT molecular complexity index is 1110. The lowest BCUT2D eigenvalue weighted by atomic mass is 10.0. The van der Waals surface area contributed by atoms with Crippen molar-refractivity contribution in [1.82, 2.24) is 19.9 Å². The first kappa shape index (κ1) is 20.7. The Morgan fingerprint density at radius 2 is 1.69 bits per heavy atom. The number of rotatable bonds is 4. The maximum atomic E-state index is 12.7. The zero-order valence-electron chi connectivity index (χ0n) is 18.6. The molecule has 2 aliphatic heterocycles. The SMILES string of the molecule is Cn1c(N2CCN[C@@H](c3ccc(N4CCCCC4)cc3)C2)nc(-c2ccncc2)cc1=O. The molecule has 2 saturated heterocycles. The molecule has 0 unspecified atom stereocenters. The maximum absolute atomic E-state index is 12.7. The summed E-state index contributed by atoms with van der Waals surface area (Å²) >= 11 is 0. The minimum Gasteiger partial charge on any atom is -0.372 e. The average molecular weight is 431 g/mol. The summed E-state index contributed by atoms with van der Waals surface area (Å²) in [6.45, 7) is 4.73. The first-order valence-electron chi connectivity index (χ1n) is 11.5. The van der Waals surface area contributed by atoms with Gasteiger partial charge in [-0.1, -0.05) is 12.1 Å². The number of aromatic nitrogens is 3. The smallest absolute Gasteiger partial charge is 0.255 e. The van der Waals surface area contributed by atoms with Crippen LogP contribution < -0.4 is 20.7 Å². The Balaban J connectivity index is 1.37. The molecule has 4 heterocycles. The Labute approximate surface area is 188 Å². The number of nitrogens with one attached hydrogen (secondary N) is 1. The molecule has 2 aliphatic rings. The summed E-state index contributed by atoms with van der Waals surface area (Å²) < 4.78 is 1.65. The Morgan fingerprint density at radius 3 is 2.44 bits per heavy atom. The fraction of sp³-hybridized carbons (Fsp3) is 0.400. The minimum atomic E-state index is -0.0530. The summed E-state index contributed by atoms with van der Waals surface area (Å²) in [4.78, 5) is 26.3. The number of pyridine rings is 1. The highest BCUT2D eigenvalue weighted by molar-refractivity contribution is 5.59. The predicted molar refractivity (Wildman–Crippen MR) is 128 cm³/mol. The number of hydrogen-bond acceptors (Lipinski definition) is 6. The van der Waals surface area contributed by atoms with Gasteiger partial charge in [-0.05, 0) is 49.1 Å². The molecule has 2 fully saturated rings. The molecule has 7 heteroatoms. The van der Waals surface area contributed by atoms with Crippen molar-refractivity contribution in [2.75, 3.05) is 42.5 Å². The average Bonchev–Trinajstić information content (AvgIpc) is 2.87. The van der Waals surface area contributed by atoms with Crippen molar-refractivity contribution in [3.05, 3.63) is 70.8 Å². The molecule has 0 amide bonds. The first-order chi connectivity index (χ1) is 15.7. The third-order valence-electron chi connectivity index (χ3n) is 6.56. The molecule has 5 rings (SSSR count). The first-order valence-corrected chi connectivity index (χ1v) is 11.5. The molecular formula is C25H30N6O. The number of piperidine rings is 1. The highest BCUT2D eigenvalue weighted by Crippen LogP contribution is 2.26. The summed E-state index contributed by atoms with van der Waals surface area (Å²) in [6.07, 6.45) is 7.36. The highest BCUT2D eigenvalue weighted by atomic mass is 16.1. The van der Waals surface area contributed by atoms with E-state index in [4.69, 9.17) is 4.98 Å². The Kier molecular flexibility index (Phi) is 5.90. The molecule has 0 bridgehead atoms. The van der Waals surface area contributed by atoms with Gasteiger partial charge in [-0.25, -0.2) is 4.98 Å². The van der Waals surface area contributed by atoms with Gasteiger partial charge in [-0.3, -0.25) is 14.3 Å². The molecule has 3 aromatic rings. The second-order valence-corrected chi connectivity index (χ2v) is 8.67. The zero-order chi connectivity index (χ0) is 21.9. The highest BCUT2D eigenvalue weighted by Gasteiger charge is 2.24. The second kappa shape index (κ2) is 9.12. The van der Waals surface area contributed by atoms with Crippen LogP contribution >= 0.6 is 0 Å². The number of nitrogens with zero attached hydrogens (tertiary/aromatic N) is 5. The van der Waals surface area contributed by atoms with Crippen LogP contribution in [0.2, 0.25) is 0 Å². The summed E-state index contributed by atoms with van der Waals surface area (Å²) in [5.74, 6) is 0.709. The molecule has 7 nitrogen and oxygen atoms in total. The van der Waals surface area contributed by atoms with Crippen LogP contribution in [0.25, 0.3) is 11.3 Å². The molecule has 1 atom stereocenters. The van der Waals surface area contributed by atoms with E-state index in [1.165, 1.54) is 30.5 Å². The normalized spacial score (nSPS) is 19.2. The van der Waals surface area contributed by atoms with E-state index in [9.17, 15) is 4.79 Å². The molecule has 0 aliphatic carbocycles. The summed E-state index contributed by atoms with van der Waals surface area (Å²) in [6, 6.07) is 14.5. The topological polar surface area (TPSA) is 66.3 Å². The van der Waals surface area contributed by atoms with Crippen molar-refractivity contribution in [3.63, 3.8) is 0 Å². The Morgan fingerprint density at radius 1 is 0.938 bits per heavy atom. The predicted octanol–water partition coefficient (Wildman–Crippen LogP) is 2.98. The van der Waals surface area contributed by atoms with Crippen LogP contribution in [0.15, 0.2) is 59.7 Å². The summed E-state index contributed by atoms with van der Waals surface area (Å²) in [5, 5.41) is 3.64.